The molecule has 0 bridgehead atoms. The Hall–Kier alpha value is -1.51. The molecule has 0 spiro atoms. The number of nitrogens with one attached hydrogen (secondary N) is 1. The van der Waals surface area contributed by atoms with Crippen LogP contribution in [0.25, 0.3) is 0 Å². The predicted octanol–water partition coefficient (Wildman–Crippen LogP) is 4.16. The lowest BCUT2D eigenvalue weighted by Gasteiger charge is -2.12. The van der Waals surface area contributed by atoms with Gasteiger partial charge in [0.1, 0.15) is 11.5 Å². The van der Waals surface area contributed by atoms with E-state index in [2.05, 4.69) is 5.32 Å². The van der Waals surface area contributed by atoms with Gasteiger partial charge in [0.15, 0.2) is 0 Å². The Bertz CT molecular complexity index is 523. The van der Waals surface area contributed by atoms with Crippen LogP contribution < -0.4 is 10.1 Å². The number of aryl methyl sites for hydroxylation is 1. The molecule has 0 unspecified atom stereocenters. The van der Waals surface area contributed by atoms with Crippen LogP contribution >= 0.6 is 11.6 Å². The molecular weight excluding hydrogens is 246 g/mol. The molecule has 0 aromatic heterocycles. The Kier molecular flexibility index (Phi) is 4.24. The molecule has 0 fully saturated rings. The Morgan fingerprint density at radius 2 is 1.83 bits per heavy atom. The van der Waals surface area contributed by atoms with Crippen molar-refractivity contribution in [1.29, 1.82) is 0 Å². The average Bonchev–Trinajstić information content (AvgIpc) is 2.36. The molecule has 0 aliphatic rings. The fraction of sp³-hybridized carbons (Fsp3) is 0.200. The normalized spacial score (nSPS) is 10.4. The lowest BCUT2D eigenvalue weighted by molar-refractivity contribution is 0.474. The molecule has 94 valence electrons. The number of benzene rings is 2. The second-order valence-electron chi connectivity index (χ2n) is 4.17. The van der Waals surface area contributed by atoms with E-state index in [0.717, 1.165) is 23.6 Å². The first-order valence-corrected chi connectivity index (χ1v) is 6.25. The lowest BCUT2D eigenvalue weighted by Crippen LogP contribution is -2.06. The maximum atomic E-state index is 6.19. The summed E-state index contributed by atoms with van der Waals surface area (Å²) in [5.74, 6) is 1.52. The van der Waals surface area contributed by atoms with Crippen LogP contribution in [0.4, 0.5) is 0 Å². The van der Waals surface area contributed by atoms with Crippen molar-refractivity contribution in [3.8, 4) is 11.5 Å². The summed E-state index contributed by atoms with van der Waals surface area (Å²) in [7, 11) is 1.90. The molecule has 2 aromatic rings. The summed E-state index contributed by atoms with van der Waals surface area (Å²) >= 11 is 6.19. The summed E-state index contributed by atoms with van der Waals surface area (Å²) in [4.78, 5) is 0. The number of rotatable bonds is 4. The second-order valence-corrected chi connectivity index (χ2v) is 4.58. The maximum Gasteiger partial charge on any atom is 0.150 e. The van der Waals surface area contributed by atoms with E-state index in [1.165, 1.54) is 5.56 Å². The molecule has 0 heterocycles. The molecule has 0 saturated carbocycles. The number of ether oxygens (including phenoxy) is 1. The molecule has 0 radical (unpaired) electrons. The molecule has 3 heteroatoms. The summed E-state index contributed by atoms with van der Waals surface area (Å²) in [6.07, 6.45) is 0. The Balaban J connectivity index is 2.30. The van der Waals surface area contributed by atoms with E-state index in [-0.39, 0.29) is 0 Å². The van der Waals surface area contributed by atoms with Gasteiger partial charge in [0.2, 0.25) is 0 Å². The quantitative estimate of drug-likeness (QED) is 0.892. The van der Waals surface area contributed by atoms with E-state index < -0.39 is 0 Å². The van der Waals surface area contributed by atoms with E-state index in [1.807, 2.05) is 56.4 Å². The van der Waals surface area contributed by atoms with E-state index in [4.69, 9.17) is 16.3 Å². The van der Waals surface area contributed by atoms with E-state index in [1.54, 1.807) is 0 Å². The molecule has 1 N–H and O–H groups in total. The Morgan fingerprint density at radius 3 is 2.50 bits per heavy atom. The molecule has 0 aliphatic heterocycles. The number of hydrogen-bond donors (Lipinski definition) is 1. The van der Waals surface area contributed by atoms with Gasteiger partial charge >= 0.3 is 0 Å². The molecule has 0 saturated heterocycles. The van der Waals surface area contributed by atoms with Crippen LogP contribution in [0.5, 0.6) is 11.5 Å². The van der Waals surface area contributed by atoms with E-state index in [0.29, 0.717) is 5.02 Å². The fourth-order valence-corrected chi connectivity index (χ4v) is 1.95. The van der Waals surface area contributed by atoms with Gasteiger partial charge in [0, 0.05) is 12.1 Å². The van der Waals surface area contributed by atoms with Crippen molar-refractivity contribution in [2.75, 3.05) is 7.05 Å². The fourth-order valence-electron chi connectivity index (χ4n) is 1.72. The molecule has 18 heavy (non-hydrogen) atoms. The number of halogens is 1. The SMILES string of the molecule is CNCc1cccc(Cl)c1Oc1ccc(C)cc1. The second kappa shape index (κ2) is 5.89. The summed E-state index contributed by atoms with van der Waals surface area (Å²) < 4.78 is 5.88. The van der Waals surface area contributed by atoms with Crippen LogP contribution in [0.15, 0.2) is 42.5 Å². The van der Waals surface area contributed by atoms with Crippen LogP contribution in [0.3, 0.4) is 0 Å². The van der Waals surface area contributed by atoms with Gasteiger partial charge in [-0.05, 0) is 32.2 Å². The van der Waals surface area contributed by atoms with Crippen molar-refractivity contribution < 1.29 is 4.74 Å². The topological polar surface area (TPSA) is 21.3 Å². The van der Waals surface area contributed by atoms with E-state index in [9.17, 15) is 0 Å². The molecule has 0 amide bonds. The first kappa shape index (κ1) is 12.9. The van der Waals surface area contributed by atoms with Crippen molar-refractivity contribution in [2.45, 2.75) is 13.5 Å². The highest BCUT2D eigenvalue weighted by Gasteiger charge is 2.08. The molecule has 0 aliphatic carbocycles. The summed E-state index contributed by atoms with van der Waals surface area (Å²) in [6, 6.07) is 13.7. The summed E-state index contributed by atoms with van der Waals surface area (Å²) in [5, 5.41) is 3.74. The van der Waals surface area contributed by atoms with Gasteiger partial charge in [-0.3, -0.25) is 0 Å². The standard InChI is InChI=1S/C15H16ClNO/c1-11-6-8-13(9-7-11)18-15-12(10-17-2)4-3-5-14(15)16/h3-9,17H,10H2,1-2H3. The van der Waals surface area contributed by atoms with Crippen molar-refractivity contribution in [3.63, 3.8) is 0 Å². The minimum Gasteiger partial charge on any atom is -0.455 e. The molecule has 0 atom stereocenters. The van der Waals surface area contributed by atoms with Crippen molar-refractivity contribution in [2.24, 2.45) is 0 Å². The average molecular weight is 262 g/mol. The van der Waals surface area contributed by atoms with Gasteiger partial charge < -0.3 is 10.1 Å². The van der Waals surface area contributed by atoms with Crippen LogP contribution in [-0.2, 0) is 6.54 Å². The van der Waals surface area contributed by atoms with Crippen LogP contribution in [0.2, 0.25) is 5.02 Å². The summed E-state index contributed by atoms with van der Waals surface area (Å²) in [6.45, 7) is 2.77. The largest absolute Gasteiger partial charge is 0.455 e. The zero-order valence-corrected chi connectivity index (χ0v) is 11.3. The first-order valence-electron chi connectivity index (χ1n) is 5.87. The predicted molar refractivity (Wildman–Crippen MR) is 75.5 cm³/mol. The molecule has 2 rings (SSSR count). The smallest absolute Gasteiger partial charge is 0.150 e. The van der Waals surface area contributed by atoms with E-state index >= 15 is 0 Å². The molecular formula is C15H16ClNO. The molecule has 2 nitrogen and oxygen atoms in total. The first-order chi connectivity index (χ1) is 8.70. The van der Waals surface area contributed by atoms with Gasteiger partial charge in [-0.1, -0.05) is 41.4 Å². The maximum absolute atomic E-state index is 6.19. The van der Waals surface area contributed by atoms with Gasteiger partial charge in [-0.2, -0.15) is 0 Å². The van der Waals surface area contributed by atoms with Crippen LogP contribution in [-0.4, -0.2) is 7.05 Å². The Morgan fingerprint density at radius 1 is 1.11 bits per heavy atom. The van der Waals surface area contributed by atoms with Gasteiger partial charge in [-0.25, -0.2) is 0 Å². The molecule has 2 aromatic carbocycles. The monoisotopic (exact) mass is 261 g/mol. The highest BCUT2D eigenvalue weighted by atomic mass is 35.5. The zero-order chi connectivity index (χ0) is 13.0. The summed E-state index contributed by atoms with van der Waals surface area (Å²) in [5.41, 5.74) is 2.25. The van der Waals surface area contributed by atoms with Gasteiger partial charge in [-0.15, -0.1) is 0 Å². The third kappa shape index (κ3) is 3.03. The number of hydrogen-bond acceptors (Lipinski definition) is 2. The van der Waals surface area contributed by atoms with Crippen molar-refractivity contribution in [3.05, 3.63) is 58.6 Å². The van der Waals surface area contributed by atoms with Crippen LogP contribution in [0.1, 0.15) is 11.1 Å². The minimum absolute atomic E-state index is 0.628. The number of para-hydroxylation sites is 1. The minimum atomic E-state index is 0.628. The third-order valence-corrected chi connectivity index (χ3v) is 2.95. The van der Waals surface area contributed by atoms with Gasteiger partial charge in [0.05, 0.1) is 5.02 Å². The zero-order valence-electron chi connectivity index (χ0n) is 10.5. The van der Waals surface area contributed by atoms with Crippen molar-refractivity contribution in [1.82, 2.24) is 5.32 Å². The van der Waals surface area contributed by atoms with Gasteiger partial charge in [0.25, 0.3) is 0 Å². The Labute approximate surface area is 113 Å². The third-order valence-electron chi connectivity index (χ3n) is 2.66. The lowest BCUT2D eigenvalue weighted by atomic mass is 10.2. The highest BCUT2D eigenvalue weighted by Crippen LogP contribution is 2.32. The van der Waals surface area contributed by atoms with Crippen LogP contribution in [0, 0.1) is 6.92 Å². The van der Waals surface area contributed by atoms with Crippen molar-refractivity contribution >= 4 is 11.6 Å². The highest BCUT2D eigenvalue weighted by molar-refractivity contribution is 6.32.